The van der Waals surface area contributed by atoms with Gasteiger partial charge in [0.1, 0.15) is 11.8 Å². The highest BCUT2D eigenvalue weighted by Crippen LogP contribution is 2.35. The predicted octanol–water partition coefficient (Wildman–Crippen LogP) is 3.75. The fourth-order valence-corrected chi connectivity index (χ4v) is 5.55. The minimum absolute atomic E-state index is 0.160. The average molecular weight is 478 g/mol. The third-order valence-electron chi connectivity index (χ3n) is 7.29. The molecule has 0 radical (unpaired) electrons. The summed E-state index contributed by atoms with van der Waals surface area (Å²) in [6.45, 7) is 11.3. The van der Waals surface area contributed by atoms with Crippen molar-refractivity contribution in [3.8, 4) is 5.75 Å². The third kappa shape index (κ3) is 5.26. The number of carbonyl (C=O) groups is 2. The maximum Gasteiger partial charge on any atom is 0.326 e. The lowest BCUT2D eigenvalue weighted by Crippen LogP contribution is -2.57. The SMILES string of the molecule is C=CCN1C[C@H](C)N([C@@H](c2cccc(O)c2)c2cccc(C(=O)N3CCC[C@H]3C(=O)O)c2)C[C@H]1C. The normalized spacial score (nSPS) is 24.3. The third-order valence-corrected chi connectivity index (χ3v) is 7.29. The predicted molar refractivity (Wildman–Crippen MR) is 135 cm³/mol. The number of aliphatic carboxylic acids is 1. The van der Waals surface area contributed by atoms with Crippen LogP contribution >= 0.6 is 0 Å². The fourth-order valence-electron chi connectivity index (χ4n) is 5.55. The lowest BCUT2D eigenvalue weighted by atomic mass is 9.92. The molecule has 2 N–H and O–H groups in total. The number of likely N-dealkylation sites (tertiary alicyclic amines) is 1. The van der Waals surface area contributed by atoms with Gasteiger partial charge in [0.15, 0.2) is 0 Å². The van der Waals surface area contributed by atoms with Crippen LogP contribution in [0, 0.1) is 0 Å². The van der Waals surface area contributed by atoms with E-state index in [1.807, 2.05) is 36.4 Å². The molecule has 0 aliphatic carbocycles. The maximum absolute atomic E-state index is 13.3. The van der Waals surface area contributed by atoms with Crippen LogP contribution in [-0.4, -0.2) is 81.1 Å². The van der Waals surface area contributed by atoms with Gasteiger partial charge in [-0.25, -0.2) is 4.79 Å². The molecule has 2 saturated heterocycles. The van der Waals surface area contributed by atoms with Gasteiger partial charge in [-0.2, -0.15) is 0 Å². The number of carbonyl (C=O) groups excluding carboxylic acids is 1. The largest absolute Gasteiger partial charge is 0.508 e. The molecule has 7 heteroatoms. The lowest BCUT2D eigenvalue weighted by Gasteiger charge is -2.47. The number of nitrogens with zero attached hydrogens (tertiary/aromatic N) is 3. The van der Waals surface area contributed by atoms with Crippen LogP contribution < -0.4 is 0 Å². The van der Waals surface area contributed by atoms with E-state index in [0.29, 0.717) is 31.0 Å². The second kappa shape index (κ2) is 10.6. The topological polar surface area (TPSA) is 84.3 Å². The van der Waals surface area contributed by atoms with Gasteiger partial charge in [0.05, 0.1) is 6.04 Å². The van der Waals surface area contributed by atoms with Crippen LogP contribution in [0.5, 0.6) is 5.75 Å². The summed E-state index contributed by atoms with van der Waals surface area (Å²) in [4.78, 5) is 31.3. The minimum atomic E-state index is -0.954. The molecule has 1 amide bonds. The molecule has 0 aromatic heterocycles. The Morgan fingerprint density at radius 3 is 2.49 bits per heavy atom. The van der Waals surface area contributed by atoms with E-state index in [1.165, 1.54) is 4.90 Å². The number of hydrogen-bond donors (Lipinski definition) is 2. The van der Waals surface area contributed by atoms with Crippen molar-refractivity contribution < 1.29 is 19.8 Å². The molecule has 0 spiro atoms. The summed E-state index contributed by atoms with van der Waals surface area (Å²) in [5.74, 6) is -0.999. The molecule has 2 aromatic carbocycles. The minimum Gasteiger partial charge on any atom is -0.508 e. The number of piperazine rings is 1. The van der Waals surface area contributed by atoms with Crippen LogP contribution in [0.25, 0.3) is 0 Å². The summed E-state index contributed by atoms with van der Waals surface area (Å²) in [6.07, 6.45) is 3.11. The number of carboxylic acid groups (broad SMARTS) is 1. The van der Waals surface area contributed by atoms with Gasteiger partial charge in [0, 0.05) is 43.8 Å². The first-order chi connectivity index (χ1) is 16.8. The smallest absolute Gasteiger partial charge is 0.326 e. The van der Waals surface area contributed by atoms with Gasteiger partial charge in [-0.1, -0.05) is 30.3 Å². The first-order valence-corrected chi connectivity index (χ1v) is 12.3. The molecular weight excluding hydrogens is 442 g/mol. The summed E-state index contributed by atoms with van der Waals surface area (Å²) < 4.78 is 0. The summed E-state index contributed by atoms with van der Waals surface area (Å²) in [5.41, 5.74) is 2.39. The van der Waals surface area contributed by atoms with Gasteiger partial charge in [-0.05, 0) is 62.1 Å². The molecule has 0 unspecified atom stereocenters. The van der Waals surface area contributed by atoms with Gasteiger partial charge in [0.25, 0.3) is 5.91 Å². The van der Waals surface area contributed by atoms with E-state index >= 15 is 0 Å². The number of rotatable bonds is 7. The quantitative estimate of drug-likeness (QED) is 0.591. The Balaban J connectivity index is 1.70. The van der Waals surface area contributed by atoms with Gasteiger partial charge in [-0.15, -0.1) is 6.58 Å². The molecular formula is C28H35N3O4. The van der Waals surface area contributed by atoms with E-state index in [9.17, 15) is 19.8 Å². The molecule has 0 bridgehead atoms. The van der Waals surface area contributed by atoms with Gasteiger partial charge >= 0.3 is 5.97 Å². The molecule has 4 rings (SSSR count). The molecule has 7 nitrogen and oxygen atoms in total. The van der Waals surface area contributed by atoms with Crippen LogP contribution in [0.15, 0.2) is 61.2 Å². The van der Waals surface area contributed by atoms with Crippen LogP contribution in [0.2, 0.25) is 0 Å². The molecule has 35 heavy (non-hydrogen) atoms. The first kappa shape index (κ1) is 24.9. The number of amides is 1. The molecule has 2 fully saturated rings. The zero-order valence-electron chi connectivity index (χ0n) is 20.5. The first-order valence-electron chi connectivity index (χ1n) is 12.3. The van der Waals surface area contributed by atoms with E-state index in [1.54, 1.807) is 18.2 Å². The Bertz CT molecular complexity index is 1090. The molecule has 186 valence electrons. The monoisotopic (exact) mass is 477 g/mol. The Morgan fingerprint density at radius 2 is 1.80 bits per heavy atom. The summed E-state index contributed by atoms with van der Waals surface area (Å²) in [5, 5.41) is 19.8. The van der Waals surface area contributed by atoms with Crippen LogP contribution in [0.1, 0.15) is 54.2 Å². The van der Waals surface area contributed by atoms with Crippen molar-refractivity contribution in [3.05, 3.63) is 77.9 Å². The Labute approximate surface area is 207 Å². The molecule has 0 saturated carbocycles. The van der Waals surface area contributed by atoms with Crippen molar-refractivity contribution in [1.29, 1.82) is 0 Å². The van der Waals surface area contributed by atoms with Crippen molar-refractivity contribution >= 4 is 11.9 Å². The number of hydrogen-bond acceptors (Lipinski definition) is 5. The lowest BCUT2D eigenvalue weighted by molar-refractivity contribution is -0.141. The summed E-state index contributed by atoms with van der Waals surface area (Å²) >= 11 is 0. The molecule has 2 aliphatic heterocycles. The van der Waals surface area contributed by atoms with Crippen molar-refractivity contribution in [2.45, 2.75) is 50.9 Å². The van der Waals surface area contributed by atoms with E-state index < -0.39 is 12.0 Å². The van der Waals surface area contributed by atoms with Gasteiger partial charge in [0.2, 0.25) is 0 Å². The van der Waals surface area contributed by atoms with Crippen LogP contribution in [0.4, 0.5) is 0 Å². The van der Waals surface area contributed by atoms with Crippen molar-refractivity contribution in [3.63, 3.8) is 0 Å². The highest BCUT2D eigenvalue weighted by atomic mass is 16.4. The van der Waals surface area contributed by atoms with E-state index in [-0.39, 0.29) is 23.7 Å². The van der Waals surface area contributed by atoms with Gasteiger partial charge in [-0.3, -0.25) is 14.6 Å². The Hall–Kier alpha value is -3.16. The second-order valence-electron chi connectivity index (χ2n) is 9.76. The standard InChI is InChI=1S/C28H35N3O4/c1-4-13-29-17-20(3)31(18-19(29)2)26(22-9-6-11-24(32)16-22)21-8-5-10-23(15-21)27(33)30-14-7-12-25(30)28(34)35/h4-6,8-11,15-16,19-20,25-26,32H,1,7,12-14,17-18H2,2-3H3,(H,34,35)/t19-,20+,25+,26-/m1/s1. The number of benzene rings is 2. The van der Waals surface area contributed by atoms with Crippen molar-refractivity contribution in [1.82, 2.24) is 14.7 Å². The van der Waals surface area contributed by atoms with Crippen molar-refractivity contribution in [2.75, 3.05) is 26.2 Å². The average Bonchev–Trinajstić information content (AvgIpc) is 3.33. The highest BCUT2D eigenvalue weighted by Gasteiger charge is 2.36. The molecule has 4 atom stereocenters. The number of carboxylic acids is 1. The number of aromatic hydroxyl groups is 1. The zero-order chi connectivity index (χ0) is 25.1. The maximum atomic E-state index is 13.3. The number of phenols is 1. The molecule has 2 aliphatic rings. The summed E-state index contributed by atoms with van der Waals surface area (Å²) in [7, 11) is 0. The van der Waals surface area contributed by atoms with Crippen LogP contribution in [0.3, 0.4) is 0 Å². The highest BCUT2D eigenvalue weighted by molar-refractivity contribution is 5.97. The van der Waals surface area contributed by atoms with Gasteiger partial charge < -0.3 is 15.1 Å². The Morgan fingerprint density at radius 1 is 1.09 bits per heavy atom. The summed E-state index contributed by atoms with van der Waals surface area (Å²) in [6, 6.07) is 14.4. The van der Waals surface area contributed by atoms with E-state index in [2.05, 4.69) is 30.2 Å². The van der Waals surface area contributed by atoms with Crippen LogP contribution in [-0.2, 0) is 4.79 Å². The van der Waals surface area contributed by atoms with Crippen molar-refractivity contribution in [2.24, 2.45) is 0 Å². The second-order valence-corrected chi connectivity index (χ2v) is 9.76. The fraction of sp³-hybridized carbons (Fsp3) is 0.429. The molecule has 2 aromatic rings. The van der Waals surface area contributed by atoms with E-state index in [0.717, 1.165) is 30.8 Å². The van der Waals surface area contributed by atoms with E-state index in [4.69, 9.17) is 0 Å². The molecule has 2 heterocycles. The Kier molecular flexibility index (Phi) is 7.57. The zero-order valence-corrected chi connectivity index (χ0v) is 20.5. The number of phenolic OH excluding ortho intramolecular Hbond substituents is 1.